The normalized spacial score (nSPS) is 16.7. The number of piperidine rings is 1. The Kier molecular flexibility index (Phi) is 8.66. The minimum absolute atomic E-state index is 0.0578. The molecule has 208 valence electrons. The van der Waals surface area contributed by atoms with E-state index in [1.165, 1.54) is 6.26 Å². The number of sulfone groups is 1. The van der Waals surface area contributed by atoms with Crippen molar-refractivity contribution in [2.45, 2.75) is 83.2 Å². The standard InChI is InChI=1S/C30H43N3O4S/c1-20(2)26(31-27(34)25-19-22(29(4,5)6)10-9-21(25)3)28(35)33-17-15-30(7,16-18-33)32-23-11-13-24(14-12-23)38(8,36)37/h9-14,19-20,26,32H,15-18H2,1-8H3,(H,31,34). The summed E-state index contributed by atoms with van der Waals surface area (Å²) in [4.78, 5) is 29.0. The van der Waals surface area contributed by atoms with Crippen LogP contribution in [0.25, 0.3) is 0 Å². The molecule has 1 saturated heterocycles. The highest BCUT2D eigenvalue weighted by molar-refractivity contribution is 7.90. The van der Waals surface area contributed by atoms with Crippen molar-refractivity contribution in [3.05, 3.63) is 59.2 Å². The third-order valence-corrected chi connectivity index (χ3v) is 8.60. The summed E-state index contributed by atoms with van der Waals surface area (Å²) >= 11 is 0. The largest absolute Gasteiger partial charge is 0.380 e. The van der Waals surface area contributed by atoms with Crippen LogP contribution in [0.4, 0.5) is 5.69 Å². The molecule has 2 aromatic carbocycles. The van der Waals surface area contributed by atoms with Gasteiger partial charge in [0.15, 0.2) is 9.84 Å². The SMILES string of the molecule is Cc1ccc(C(C)(C)C)cc1C(=O)NC(C(=O)N1CCC(C)(Nc2ccc(S(C)(=O)=O)cc2)CC1)C(C)C. The number of amides is 2. The fourth-order valence-electron chi connectivity index (χ4n) is 4.74. The molecule has 2 aromatic rings. The van der Waals surface area contributed by atoms with Gasteiger partial charge in [0.1, 0.15) is 6.04 Å². The van der Waals surface area contributed by atoms with Crippen LogP contribution in [0.3, 0.4) is 0 Å². The molecule has 0 aliphatic carbocycles. The van der Waals surface area contributed by atoms with Gasteiger partial charge in [-0.05, 0) is 79.5 Å². The number of carbonyl (C=O) groups excluding carboxylic acids is 2. The van der Waals surface area contributed by atoms with Crippen LogP contribution in [0, 0.1) is 12.8 Å². The number of nitrogens with zero attached hydrogens (tertiary/aromatic N) is 1. The number of rotatable bonds is 7. The Labute approximate surface area is 228 Å². The monoisotopic (exact) mass is 541 g/mol. The summed E-state index contributed by atoms with van der Waals surface area (Å²) in [6.07, 6.45) is 2.66. The lowest BCUT2D eigenvalue weighted by Crippen LogP contribution is -2.56. The number of hydrogen-bond donors (Lipinski definition) is 2. The third-order valence-electron chi connectivity index (χ3n) is 7.47. The van der Waals surface area contributed by atoms with Crippen molar-refractivity contribution >= 4 is 27.3 Å². The van der Waals surface area contributed by atoms with E-state index in [1.807, 2.05) is 37.8 Å². The molecule has 38 heavy (non-hydrogen) atoms. The number of hydrogen-bond acceptors (Lipinski definition) is 5. The molecule has 1 atom stereocenters. The molecule has 0 bridgehead atoms. The van der Waals surface area contributed by atoms with Crippen molar-refractivity contribution in [2.24, 2.45) is 5.92 Å². The first-order chi connectivity index (χ1) is 17.5. The van der Waals surface area contributed by atoms with E-state index in [4.69, 9.17) is 0 Å². The summed E-state index contributed by atoms with van der Waals surface area (Å²) < 4.78 is 23.5. The molecule has 7 nitrogen and oxygen atoms in total. The molecule has 3 rings (SSSR count). The van der Waals surface area contributed by atoms with E-state index in [1.54, 1.807) is 24.3 Å². The van der Waals surface area contributed by atoms with Gasteiger partial charge >= 0.3 is 0 Å². The number of aryl methyl sites for hydroxylation is 1. The van der Waals surface area contributed by atoms with Gasteiger partial charge in [-0.15, -0.1) is 0 Å². The van der Waals surface area contributed by atoms with E-state index in [2.05, 4.69) is 44.4 Å². The lowest BCUT2D eigenvalue weighted by Gasteiger charge is -2.42. The van der Waals surface area contributed by atoms with E-state index in [0.29, 0.717) is 18.7 Å². The summed E-state index contributed by atoms with van der Waals surface area (Å²) in [5.74, 6) is -0.336. The number of benzene rings is 2. The fraction of sp³-hybridized carbons (Fsp3) is 0.533. The number of nitrogens with one attached hydrogen (secondary N) is 2. The average molecular weight is 542 g/mol. The van der Waals surface area contributed by atoms with E-state index < -0.39 is 15.9 Å². The summed E-state index contributed by atoms with van der Waals surface area (Å²) in [5, 5.41) is 6.55. The van der Waals surface area contributed by atoms with Gasteiger partial charge < -0.3 is 15.5 Å². The quantitative estimate of drug-likeness (QED) is 0.518. The van der Waals surface area contributed by atoms with Crippen LogP contribution in [-0.2, 0) is 20.0 Å². The molecule has 1 heterocycles. The molecular formula is C30H43N3O4S. The Hall–Kier alpha value is -2.87. The number of carbonyl (C=O) groups is 2. The van der Waals surface area contributed by atoms with Crippen molar-refractivity contribution in [3.8, 4) is 0 Å². The molecule has 0 aromatic heterocycles. The highest BCUT2D eigenvalue weighted by Crippen LogP contribution is 2.29. The lowest BCUT2D eigenvalue weighted by atomic mass is 9.85. The van der Waals surface area contributed by atoms with Gasteiger partial charge in [0, 0.05) is 36.1 Å². The molecule has 1 fully saturated rings. The minimum Gasteiger partial charge on any atom is -0.380 e. The van der Waals surface area contributed by atoms with Crippen molar-refractivity contribution in [2.75, 3.05) is 24.7 Å². The summed E-state index contributed by atoms with van der Waals surface area (Å²) in [5.41, 5.74) is 3.10. The minimum atomic E-state index is -3.24. The Balaban J connectivity index is 1.67. The second kappa shape index (κ2) is 11.1. The molecular weight excluding hydrogens is 498 g/mol. The van der Waals surface area contributed by atoms with Gasteiger partial charge in [0.05, 0.1) is 4.90 Å². The van der Waals surface area contributed by atoms with Gasteiger partial charge in [0.25, 0.3) is 5.91 Å². The van der Waals surface area contributed by atoms with Gasteiger partial charge in [0.2, 0.25) is 5.91 Å². The Morgan fingerprint density at radius 2 is 1.58 bits per heavy atom. The molecule has 1 aliphatic heterocycles. The summed E-state index contributed by atoms with van der Waals surface area (Å²) in [7, 11) is -3.24. The molecule has 0 spiro atoms. The predicted octanol–water partition coefficient (Wildman–Crippen LogP) is 4.94. The second-order valence-corrected chi connectivity index (χ2v) is 14.3. The Bertz CT molecular complexity index is 1270. The molecule has 2 amide bonds. The highest BCUT2D eigenvalue weighted by atomic mass is 32.2. The maximum atomic E-state index is 13.6. The van der Waals surface area contributed by atoms with Crippen molar-refractivity contribution in [1.29, 1.82) is 0 Å². The van der Waals surface area contributed by atoms with E-state index in [-0.39, 0.29) is 33.6 Å². The molecule has 0 saturated carbocycles. The predicted molar refractivity (Wildman–Crippen MR) is 153 cm³/mol. The van der Waals surface area contributed by atoms with Crippen LogP contribution in [-0.4, -0.2) is 56.1 Å². The molecule has 0 radical (unpaired) electrons. The first-order valence-corrected chi connectivity index (χ1v) is 15.2. The van der Waals surface area contributed by atoms with Crippen molar-refractivity contribution < 1.29 is 18.0 Å². The van der Waals surface area contributed by atoms with Crippen molar-refractivity contribution in [1.82, 2.24) is 10.2 Å². The Morgan fingerprint density at radius 3 is 2.08 bits per heavy atom. The molecule has 2 N–H and O–H groups in total. The zero-order chi connectivity index (χ0) is 28.5. The number of anilines is 1. The van der Waals surface area contributed by atoms with Crippen molar-refractivity contribution in [3.63, 3.8) is 0 Å². The molecule has 1 aliphatic rings. The second-order valence-electron chi connectivity index (χ2n) is 12.3. The van der Waals surface area contributed by atoms with Crippen LogP contribution in [0.2, 0.25) is 0 Å². The smallest absolute Gasteiger partial charge is 0.252 e. The average Bonchev–Trinajstić information content (AvgIpc) is 2.81. The van der Waals surface area contributed by atoms with Crippen LogP contribution >= 0.6 is 0 Å². The zero-order valence-electron chi connectivity index (χ0n) is 24.0. The topological polar surface area (TPSA) is 95.6 Å². The van der Waals surface area contributed by atoms with Crippen LogP contribution < -0.4 is 10.6 Å². The summed E-state index contributed by atoms with van der Waals surface area (Å²) in [6.45, 7) is 15.4. The first kappa shape index (κ1) is 29.7. The van der Waals surface area contributed by atoms with Crippen LogP contribution in [0.5, 0.6) is 0 Å². The number of likely N-dealkylation sites (tertiary alicyclic amines) is 1. The van der Waals surface area contributed by atoms with E-state index in [0.717, 1.165) is 29.7 Å². The van der Waals surface area contributed by atoms with Gasteiger partial charge in [-0.1, -0.05) is 46.8 Å². The molecule has 8 heteroatoms. The van der Waals surface area contributed by atoms with E-state index in [9.17, 15) is 18.0 Å². The van der Waals surface area contributed by atoms with E-state index >= 15 is 0 Å². The van der Waals surface area contributed by atoms with Crippen LogP contribution in [0.1, 0.15) is 75.9 Å². The fourth-order valence-corrected chi connectivity index (χ4v) is 5.37. The van der Waals surface area contributed by atoms with Crippen LogP contribution in [0.15, 0.2) is 47.4 Å². The molecule has 1 unspecified atom stereocenters. The summed E-state index contributed by atoms with van der Waals surface area (Å²) in [6, 6.07) is 12.1. The van der Waals surface area contributed by atoms with Gasteiger partial charge in [-0.2, -0.15) is 0 Å². The van der Waals surface area contributed by atoms with Gasteiger partial charge in [-0.3, -0.25) is 9.59 Å². The zero-order valence-corrected chi connectivity index (χ0v) is 24.8. The maximum Gasteiger partial charge on any atom is 0.252 e. The lowest BCUT2D eigenvalue weighted by molar-refractivity contribution is -0.135. The van der Waals surface area contributed by atoms with Gasteiger partial charge in [-0.25, -0.2) is 8.42 Å². The third kappa shape index (κ3) is 7.16. The maximum absolute atomic E-state index is 13.6. The highest BCUT2D eigenvalue weighted by Gasteiger charge is 2.36. The first-order valence-electron chi connectivity index (χ1n) is 13.3. The Morgan fingerprint density at radius 1 is 1.00 bits per heavy atom.